The largest absolute Gasteiger partial charge is 0.480 e. The summed E-state index contributed by atoms with van der Waals surface area (Å²) in [5.41, 5.74) is -0.396. The van der Waals surface area contributed by atoms with Gasteiger partial charge in [0.05, 0.1) is 6.10 Å². The second-order valence-electron chi connectivity index (χ2n) is 4.88. The molecule has 1 unspecified atom stereocenters. The van der Waals surface area contributed by atoms with Gasteiger partial charge in [0.15, 0.2) is 0 Å². The third-order valence-corrected chi connectivity index (χ3v) is 3.78. The Kier molecular flexibility index (Phi) is 4.30. The van der Waals surface area contributed by atoms with Gasteiger partial charge in [0.1, 0.15) is 5.41 Å². The average Bonchev–Trinajstić information content (AvgIpc) is 3.20. The zero-order chi connectivity index (χ0) is 14.8. The summed E-state index contributed by atoms with van der Waals surface area (Å²) in [4.78, 5) is 23.0. The second-order valence-corrected chi connectivity index (χ2v) is 5.31. The van der Waals surface area contributed by atoms with Crippen molar-refractivity contribution in [1.82, 2.24) is 5.32 Å². The van der Waals surface area contributed by atoms with Crippen LogP contribution in [0.25, 0.3) is 0 Å². The van der Waals surface area contributed by atoms with E-state index in [1.54, 1.807) is 18.2 Å². The SMILES string of the molecule is COC(CNC(=O)C1(C(=O)O)CC1)c1cccc(Cl)c1. The fourth-order valence-corrected chi connectivity index (χ4v) is 2.26. The fourth-order valence-electron chi connectivity index (χ4n) is 2.06. The Morgan fingerprint density at radius 1 is 1.50 bits per heavy atom. The summed E-state index contributed by atoms with van der Waals surface area (Å²) in [6.07, 6.45) is 0.425. The Labute approximate surface area is 121 Å². The van der Waals surface area contributed by atoms with E-state index in [1.165, 1.54) is 7.11 Å². The number of carbonyl (C=O) groups excluding carboxylic acids is 1. The summed E-state index contributed by atoms with van der Waals surface area (Å²) in [6.45, 7) is 0.213. The van der Waals surface area contributed by atoms with Crippen molar-refractivity contribution in [3.8, 4) is 0 Å². The Bertz CT molecular complexity index is 528. The van der Waals surface area contributed by atoms with Crippen molar-refractivity contribution >= 4 is 23.5 Å². The Balaban J connectivity index is 1.98. The number of hydrogen-bond acceptors (Lipinski definition) is 3. The molecule has 1 aliphatic rings. The molecular weight excluding hydrogens is 282 g/mol. The maximum Gasteiger partial charge on any atom is 0.319 e. The molecule has 1 saturated carbocycles. The molecule has 0 saturated heterocycles. The molecule has 1 aromatic carbocycles. The first kappa shape index (κ1) is 14.8. The lowest BCUT2D eigenvalue weighted by Gasteiger charge is -2.18. The zero-order valence-electron chi connectivity index (χ0n) is 11.1. The van der Waals surface area contributed by atoms with Gasteiger partial charge in [-0.25, -0.2) is 0 Å². The molecule has 1 aromatic rings. The van der Waals surface area contributed by atoms with E-state index in [2.05, 4.69) is 5.32 Å². The van der Waals surface area contributed by atoms with Crippen molar-refractivity contribution in [3.05, 3.63) is 34.9 Å². The molecule has 0 aliphatic heterocycles. The summed E-state index contributed by atoms with van der Waals surface area (Å²) >= 11 is 5.91. The lowest BCUT2D eigenvalue weighted by molar-refractivity contribution is -0.149. The number of carboxylic acid groups (broad SMARTS) is 1. The molecule has 1 fully saturated rings. The van der Waals surface area contributed by atoms with Crippen LogP contribution >= 0.6 is 11.6 Å². The van der Waals surface area contributed by atoms with Crippen LogP contribution in [0.4, 0.5) is 0 Å². The lowest BCUT2D eigenvalue weighted by atomic mass is 10.1. The maximum atomic E-state index is 11.9. The van der Waals surface area contributed by atoms with Crippen LogP contribution in [0.2, 0.25) is 5.02 Å². The van der Waals surface area contributed by atoms with Crippen LogP contribution in [0.1, 0.15) is 24.5 Å². The third kappa shape index (κ3) is 2.94. The van der Waals surface area contributed by atoms with E-state index in [1.807, 2.05) is 6.07 Å². The molecule has 20 heavy (non-hydrogen) atoms. The first-order valence-electron chi connectivity index (χ1n) is 6.29. The van der Waals surface area contributed by atoms with Crippen LogP contribution in [0.5, 0.6) is 0 Å². The van der Waals surface area contributed by atoms with Gasteiger partial charge in [0.25, 0.3) is 0 Å². The predicted molar refractivity (Wildman–Crippen MR) is 73.5 cm³/mol. The normalized spacial score (nSPS) is 17.3. The number of rotatable bonds is 6. The van der Waals surface area contributed by atoms with Gasteiger partial charge in [-0.2, -0.15) is 0 Å². The number of amides is 1. The number of aliphatic carboxylic acids is 1. The number of hydrogen-bond donors (Lipinski definition) is 2. The number of methoxy groups -OCH3 is 1. The topological polar surface area (TPSA) is 75.6 Å². The van der Waals surface area contributed by atoms with Crippen LogP contribution in [0.3, 0.4) is 0 Å². The minimum Gasteiger partial charge on any atom is -0.480 e. The average molecular weight is 298 g/mol. The van der Waals surface area contributed by atoms with Crippen molar-refractivity contribution in [1.29, 1.82) is 0 Å². The summed E-state index contributed by atoms with van der Waals surface area (Å²) in [6, 6.07) is 7.15. The highest BCUT2D eigenvalue weighted by Crippen LogP contribution is 2.46. The molecule has 0 spiro atoms. The first-order valence-corrected chi connectivity index (χ1v) is 6.67. The molecule has 1 atom stereocenters. The van der Waals surface area contributed by atoms with Crippen LogP contribution < -0.4 is 5.32 Å². The van der Waals surface area contributed by atoms with E-state index in [-0.39, 0.29) is 12.6 Å². The van der Waals surface area contributed by atoms with E-state index >= 15 is 0 Å². The van der Waals surface area contributed by atoms with Gasteiger partial charge >= 0.3 is 5.97 Å². The van der Waals surface area contributed by atoms with Crippen LogP contribution in [0.15, 0.2) is 24.3 Å². The van der Waals surface area contributed by atoms with Gasteiger partial charge in [-0.05, 0) is 30.5 Å². The van der Waals surface area contributed by atoms with E-state index in [9.17, 15) is 9.59 Å². The van der Waals surface area contributed by atoms with Crippen molar-refractivity contribution in [2.45, 2.75) is 18.9 Å². The number of ether oxygens (including phenoxy) is 1. The highest BCUT2D eigenvalue weighted by Gasteiger charge is 2.57. The number of halogens is 1. The third-order valence-electron chi connectivity index (χ3n) is 3.55. The molecule has 1 amide bonds. The molecule has 1 aliphatic carbocycles. The second kappa shape index (κ2) is 5.81. The molecular formula is C14H16ClNO4. The fraction of sp³-hybridized carbons (Fsp3) is 0.429. The molecule has 5 nitrogen and oxygen atoms in total. The smallest absolute Gasteiger partial charge is 0.319 e. The standard InChI is InChI=1S/C14H16ClNO4/c1-20-11(9-3-2-4-10(15)7-9)8-16-12(17)14(5-6-14)13(18)19/h2-4,7,11H,5-6,8H2,1H3,(H,16,17)(H,18,19). The predicted octanol–water partition coefficient (Wildman–Crippen LogP) is 2.01. The highest BCUT2D eigenvalue weighted by atomic mass is 35.5. The van der Waals surface area contributed by atoms with Crippen molar-refractivity contribution in [2.24, 2.45) is 5.41 Å². The highest BCUT2D eigenvalue weighted by molar-refractivity contribution is 6.30. The summed E-state index contributed by atoms with van der Waals surface area (Å²) in [5, 5.41) is 12.3. The molecule has 2 N–H and O–H groups in total. The van der Waals surface area contributed by atoms with Gasteiger partial charge in [-0.3, -0.25) is 9.59 Å². The quantitative estimate of drug-likeness (QED) is 0.788. The Hall–Kier alpha value is -1.59. The minimum atomic E-state index is -1.23. The summed E-state index contributed by atoms with van der Waals surface area (Å²) < 4.78 is 5.31. The van der Waals surface area contributed by atoms with E-state index in [4.69, 9.17) is 21.4 Å². The van der Waals surface area contributed by atoms with Gasteiger partial charge in [-0.15, -0.1) is 0 Å². The maximum absolute atomic E-state index is 11.9. The minimum absolute atomic E-state index is 0.213. The zero-order valence-corrected chi connectivity index (χ0v) is 11.8. The van der Waals surface area contributed by atoms with Crippen molar-refractivity contribution in [2.75, 3.05) is 13.7 Å². The van der Waals surface area contributed by atoms with E-state index < -0.39 is 17.3 Å². The lowest BCUT2D eigenvalue weighted by Crippen LogP contribution is -2.39. The number of carboxylic acids is 1. The first-order chi connectivity index (χ1) is 9.49. The summed E-state index contributed by atoms with van der Waals surface area (Å²) in [7, 11) is 1.53. The Morgan fingerprint density at radius 3 is 2.70 bits per heavy atom. The van der Waals surface area contributed by atoms with E-state index in [0.717, 1.165) is 5.56 Å². The van der Waals surface area contributed by atoms with Gasteiger partial charge in [0, 0.05) is 18.7 Å². The molecule has 0 aromatic heterocycles. The molecule has 0 bridgehead atoms. The van der Waals surface area contributed by atoms with Crippen molar-refractivity contribution < 1.29 is 19.4 Å². The van der Waals surface area contributed by atoms with Gasteiger partial charge in [-0.1, -0.05) is 23.7 Å². The number of nitrogens with one attached hydrogen (secondary N) is 1. The number of benzene rings is 1. The monoisotopic (exact) mass is 297 g/mol. The molecule has 2 rings (SSSR count). The Morgan fingerprint density at radius 2 is 2.20 bits per heavy atom. The molecule has 6 heteroatoms. The number of carbonyl (C=O) groups is 2. The van der Waals surface area contributed by atoms with Gasteiger partial charge in [0.2, 0.25) is 5.91 Å². The van der Waals surface area contributed by atoms with Gasteiger partial charge < -0.3 is 15.2 Å². The van der Waals surface area contributed by atoms with Crippen LogP contribution in [-0.4, -0.2) is 30.6 Å². The molecule has 0 radical (unpaired) electrons. The van der Waals surface area contributed by atoms with Crippen molar-refractivity contribution in [3.63, 3.8) is 0 Å². The molecule has 0 heterocycles. The van der Waals surface area contributed by atoms with Crippen LogP contribution in [-0.2, 0) is 14.3 Å². The summed E-state index contributed by atoms with van der Waals surface area (Å²) in [5.74, 6) is -1.51. The molecule has 108 valence electrons. The van der Waals surface area contributed by atoms with Crippen LogP contribution in [0, 0.1) is 5.41 Å². The van der Waals surface area contributed by atoms with E-state index in [0.29, 0.717) is 17.9 Å².